The van der Waals surface area contributed by atoms with Gasteiger partial charge in [-0.25, -0.2) is 14.8 Å². The van der Waals surface area contributed by atoms with E-state index in [9.17, 15) is 14.0 Å². The van der Waals surface area contributed by atoms with Crippen LogP contribution in [0.25, 0.3) is 0 Å². The molecule has 20 heavy (non-hydrogen) atoms. The fraction of sp³-hybridized carbons (Fsp3) is 0.167. The molecule has 0 aliphatic heterocycles. The minimum Gasteiger partial charge on any atom is -0.476 e. The Balaban J connectivity index is 2.11. The standard InChI is InChI=1S/C12H10FN3O3S/c1-6(11-16-8(5-20-11)12(18)19)15-10(17)7-3-2-4-14-9(7)13/h2-6H,1H3,(H,15,17)(H,18,19). The molecule has 2 N–H and O–H groups in total. The first kappa shape index (κ1) is 14.1. The predicted molar refractivity (Wildman–Crippen MR) is 69.1 cm³/mol. The second-order valence-corrected chi connectivity index (χ2v) is 4.80. The number of nitrogens with zero attached hydrogens (tertiary/aromatic N) is 2. The lowest BCUT2D eigenvalue weighted by atomic mass is 10.2. The van der Waals surface area contributed by atoms with Gasteiger partial charge in [0.1, 0.15) is 5.01 Å². The Morgan fingerprint density at radius 2 is 2.25 bits per heavy atom. The van der Waals surface area contributed by atoms with Gasteiger partial charge in [-0.15, -0.1) is 11.3 Å². The number of thiazole rings is 1. The number of aromatic carboxylic acids is 1. The Morgan fingerprint density at radius 1 is 1.50 bits per heavy atom. The number of halogens is 1. The summed E-state index contributed by atoms with van der Waals surface area (Å²) in [6.45, 7) is 1.64. The van der Waals surface area contributed by atoms with Crippen LogP contribution in [0.15, 0.2) is 23.7 Å². The molecule has 1 unspecified atom stereocenters. The van der Waals surface area contributed by atoms with Gasteiger partial charge in [-0.05, 0) is 19.1 Å². The van der Waals surface area contributed by atoms with Crippen LogP contribution in [0.1, 0.15) is 38.8 Å². The first-order chi connectivity index (χ1) is 9.49. The van der Waals surface area contributed by atoms with Crippen molar-refractivity contribution in [1.82, 2.24) is 15.3 Å². The van der Waals surface area contributed by atoms with Gasteiger partial charge in [0, 0.05) is 11.6 Å². The Hall–Kier alpha value is -2.35. The number of hydrogen-bond donors (Lipinski definition) is 2. The van der Waals surface area contributed by atoms with E-state index in [0.717, 1.165) is 11.3 Å². The molecule has 0 radical (unpaired) electrons. The quantitative estimate of drug-likeness (QED) is 0.840. The number of hydrogen-bond acceptors (Lipinski definition) is 5. The molecule has 2 aromatic heterocycles. The van der Waals surface area contributed by atoms with Crippen molar-refractivity contribution in [3.05, 3.63) is 45.9 Å². The van der Waals surface area contributed by atoms with Gasteiger partial charge in [0.15, 0.2) is 5.69 Å². The molecular weight excluding hydrogens is 285 g/mol. The first-order valence-electron chi connectivity index (χ1n) is 5.59. The van der Waals surface area contributed by atoms with E-state index in [1.54, 1.807) is 6.92 Å². The summed E-state index contributed by atoms with van der Waals surface area (Å²) in [5.41, 5.74) is -0.256. The number of carbonyl (C=O) groups excluding carboxylic acids is 1. The average molecular weight is 295 g/mol. The molecule has 0 bridgehead atoms. The van der Waals surface area contributed by atoms with Gasteiger partial charge in [0.2, 0.25) is 5.95 Å². The van der Waals surface area contributed by atoms with Gasteiger partial charge in [-0.2, -0.15) is 4.39 Å². The summed E-state index contributed by atoms with van der Waals surface area (Å²) in [4.78, 5) is 29.8. The maximum absolute atomic E-state index is 13.3. The Kier molecular flexibility index (Phi) is 4.04. The predicted octanol–water partition coefficient (Wildman–Crippen LogP) is 1.87. The van der Waals surface area contributed by atoms with Crippen molar-refractivity contribution in [1.29, 1.82) is 0 Å². The number of carboxylic acid groups (broad SMARTS) is 1. The fourth-order valence-electron chi connectivity index (χ4n) is 1.48. The van der Waals surface area contributed by atoms with Gasteiger partial charge >= 0.3 is 5.97 Å². The van der Waals surface area contributed by atoms with Crippen molar-refractivity contribution in [2.24, 2.45) is 0 Å². The van der Waals surface area contributed by atoms with Crippen LogP contribution in [0.2, 0.25) is 0 Å². The van der Waals surface area contributed by atoms with Gasteiger partial charge in [0.05, 0.1) is 11.6 Å². The summed E-state index contributed by atoms with van der Waals surface area (Å²) in [6, 6.07) is 2.24. The molecule has 2 rings (SSSR count). The average Bonchev–Trinajstić information content (AvgIpc) is 2.88. The highest BCUT2D eigenvalue weighted by Gasteiger charge is 2.18. The van der Waals surface area contributed by atoms with Crippen LogP contribution in [0, 0.1) is 5.95 Å². The Bertz CT molecular complexity index is 659. The van der Waals surface area contributed by atoms with Gasteiger partial charge in [0.25, 0.3) is 5.91 Å². The summed E-state index contributed by atoms with van der Waals surface area (Å²) in [7, 11) is 0. The topological polar surface area (TPSA) is 92.2 Å². The SMILES string of the molecule is CC(NC(=O)c1cccnc1F)c1nc(C(=O)O)cs1. The van der Waals surface area contributed by atoms with Crippen molar-refractivity contribution < 1.29 is 19.1 Å². The Morgan fingerprint density at radius 3 is 2.85 bits per heavy atom. The maximum Gasteiger partial charge on any atom is 0.355 e. The van der Waals surface area contributed by atoms with E-state index in [1.165, 1.54) is 23.7 Å². The van der Waals surface area contributed by atoms with Gasteiger partial charge in [-0.3, -0.25) is 4.79 Å². The molecule has 0 saturated carbocycles. The zero-order chi connectivity index (χ0) is 14.7. The molecular formula is C12H10FN3O3S. The number of rotatable bonds is 4. The minimum atomic E-state index is -1.13. The van der Waals surface area contributed by atoms with Crippen LogP contribution >= 0.6 is 11.3 Å². The second-order valence-electron chi connectivity index (χ2n) is 3.91. The summed E-state index contributed by atoms with van der Waals surface area (Å²) < 4.78 is 13.3. The van der Waals surface area contributed by atoms with E-state index in [4.69, 9.17) is 5.11 Å². The van der Waals surface area contributed by atoms with Crippen LogP contribution in [-0.2, 0) is 0 Å². The summed E-state index contributed by atoms with van der Waals surface area (Å²) >= 11 is 1.11. The third-order valence-corrected chi connectivity index (χ3v) is 3.49. The summed E-state index contributed by atoms with van der Waals surface area (Å²) in [5, 5.41) is 13.1. The normalized spacial score (nSPS) is 11.9. The monoisotopic (exact) mass is 295 g/mol. The van der Waals surface area contributed by atoms with Crippen LogP contribution in [0.5, 0.6) is 0 Å². The Labute approximate surface area is 117 Å². The lowest BCUT2D eigenvalue weighted by molar-refractivity contribution is 0.0691. The third kappa shape index (κ3) is 2.97. The molecule has 2 aromatic rings. The molecule has 0 aliphatic carbocycles. The fourth-order valence-corrected chi connectivity index (χ4v) is 2.28. The maximum atomic E-state index is 13.3. The largest absolute Gasteiger partial charge is 0.476 e. The number of aromatic nitrogens is 2. The molecule has 6 nitrogen and oxygen atoms in total. The molecule has 0 saturated heterocycles. The molecule has 0 aliphatic rings. The zero-order valence-electron chi connectivity index (χ0n) is 10.3. The van der Waals surface area contributed by atoms with Crippen LogP contribution < -0.4 is 5.32 Å². The minimum absolute atomic E-state index is 0.0846. The molecule has 2 heterocycles. The highest BCUT2D eigenvalue weighted by atomic mass is 32.1. The van der Waals surface area contributed by atoms with E-state index in [-0.39, 0.29) is 11.3 Å². The van der Waals surface area contributed by atoms with Gasteiger partial charge < -0.3 is 10.4 Å². The number of amides is 1. The van der Waals surface area contributed by atoms with E-state index >= 15 is 0 Å². The van der Waals surface area contributed by atoms with Crippen molar-refractivity contribution >= 4 is 23.2 Å². The molecule has 0 spiro atoms. The highest BCUT2D eigenvalue weighted by molar-refractivity contribution is 7.09. The van der Waals surface area contributed by atoms with E-state index in [2.05, 4.69) is 15.3 Å². The van der Waals surface area contributed by atoms with E-state index < -0.39 is 23.9 Å². The van der Waals surface area contributed by atoms with E-state index in [1.807, 2.05) is 0 Å². The molecule has 0 fully saturated rings. The van der Waals surface area contributed by atoms with E-state index in [0.29, 0.717) is 5.01 Å². The summed E-state index contributed by atoms with van der Waals surface area (Å²) in [5.74, 6) is -2.62. The smallest absolute Gasteiger partial charge is 0.355 e. The van der Waals surface area contributed by atoms with Crippen molar-refractivity contribution in [3.63, 3.8) is 0 Å². The van der Waals surface area contributed by atoms with Crippen molar-refractivity contribution in [3.8, 4) is 0 Å². The lowest BCUT2D eigenvalue weighted by Crippen LogP contribution is -2.27. The molecule has 1 atom stereocenters. The zero-order valence-corrected chi connectivity index (χ0v) is 11.1. The second kappa shape index (κ2) is 5.74. The van der Waals surface area contributed by atoms with Crippen molar-refractivity contribution in [2.75, 3.05) is 0 Å². The number of nitrogens with one attached hydrogen (secondary N) is 1. The highest BCUT2D eigenvalue weighted by Crippen LogP contribution is 2.18. The van der Waals surface area contributed by atoms with Crippen molar-refractivity contribution in [2.45, 2.75) is 13.0 Å². The number of carboxylic acids is 1. The third-order valence-electron chi connectivity index (χ3n) is 2.46. The molecule has 8 heteroatoms. The lowest BCUT2D eigenvalue weighted by Gasteiger charge is -2.11. The molecule has 1 amide bonds. The van der Waals surface area contributed by atoms with Crippen LogP contribution in [-0.4, -0.2) is 27.0 Å². The number of carbonyl (C=O) groups is 2. The molecule has 0 aromatic carbocycles. The van der Waals surface area contributed by atoms with Gasteiger partial charge in [-0.1, -0.05) is 0 Å². The number of pyridine rings is 1. The summed E-state index contributed by atoms with van der Waals surface area (Å²) in [6.07, 6.45) is 1.25. The molecule has 104 valence electrons. The van der Waals surface area contributed by atoms with Crippen LogP contribution in [0.4, 0.5) is 4.39 Å². The first-order valence-corrected chi connectivity index (χ1v) is 6.47. The van der Waals surface area contributed by atoms with Crippen LogP contribution in [0.3, 0.4) is 0 Å².